The van der Waals surface area contributed by atoms with E-state index in [4.69, 9.17) is 0 Å². The van der Waals surface area contributed by atoms with Crippen LogP contribution >= 0.6 is 27.3 Å². The second-order valence-electron chi connectivity index (χ2n) is 6.04. The van der Waals surface area contributed by atoms with E-state index in [1.165, 1.54) is 17.0 Å². The van der Waals surface area contributed by atoms with Crippen LogP contribution in [0.5, 0.6) is 0 Å². The average Bonchev–Trinajstić information content (AvgIpc) is 3.19. The molecule has 2 amide bonds. The van der Waals surface area contributed by atoms with Crippen LogP contribution in [0.3, 0.4) is 0 Å². The molecule has 136 valence electrons. The largest absolute Gasteiger partial charge is 0.331 e. The first kappa shape index (κ1) is 18.7. The second-order valence-corrected chi connectivity index (χ2v) is 8.16. The number of urea groups is 1. The highest BCUT2D eigenvalue weighted by molar-refractivity contribution is 9.10. The lowest BCUT2D eigenvalue weighted by Gasteiger charge is -2.17. The van der Waals surface area contributed by atoms with E-state index in [9.17, 15) is 9.18 Å². The predicted molar refractivity (Wildman–Crippen MR) is 108 cm³/mol. The summed E-state index contributed by atoms with van der Waals surface area (Å²) >= 11 is 4.89. The highest BCUT2D eigenvalue weighted by Crippen LogP contribution is 2.35. The molecule has 2 N–H and O–H groups in total. The van der Waals surface area contributed by atoms with Gasteiger partial charge in [-0.3, -0.25) is 0 Å². The number of nitrogens with one attached hydrogen (secondary N) is 2. The molecule has 1 unspecified atom stereocenters. The molecule has 1 atom stereocenters. The number of rotatable bonds is 4. The lowest BCUT2D eigenvalue weighted by atomic mass is 10.1. The molecule has 0 saturated carbocycles. The van der Waals surface area contributed by atoms with E-state index in [1.807, 2.05) is 36.0 Å². The van der Waals surface area contributed by atoms with Gasteiger partial charge in [0, 0.05) is 27.3 Å². The van der Waals surface area contributed by atoms with Crippen molar-refractivity contribution in [1.29, 1.82) is 0 Å². The molecule has 0 radical (unpaired) electrons. The molecule has 2 aromatic heterocycles. The highest BCUT2D eigenvalue weighted by atomic mass is 79.9. The van der Waals surface area contributed by atoms with Crippen molar-refractivity contribution in [2.45, 2.75) is 26.8 Å². The van der Waals surface area contributed by atoms with Gasteiger partial charge >= 0.3 is 6.03 Å². The van der Waals surface area contributed by atoms with Crippen LogP contribution in [0.25, 0.3) is 5.00 Å². The van der Waals surface area contributed by atoms with E-state index >= 15 is 0 Å². The number of thiophene rings is 1. The molecule has 0 fully saturated rings. The molecule has 0 aliphatic carbocycles. The maximum absolute atomic E-state index is 13.9. The van der Waals surface area contributed by atoms with E-state index in [1.54, 1.807) is 17.4 Å². The van der Waals surface area contributed by atoms with Crippen molar-refractivity contribution >= 4 is 39.0 Å². The van der Waals surface area contributed by atoms with E-state index in [-0.39, 0.29) is 11.7 Å². The Morgan fingerprint density at radius 3 is 2.62 bits per heavy atom. The Kier molecular flexibility index (Phi) is 5.48. The van der Waals surface area contributed by atoms with Crippen LogP contribution in [0.1, 0.15) is 29.0 Å². The van der Waals surface area contributed by atoms with E-state index in [0.29, 0.717) is 4.47 Å². The minimum Gasteiger partial charge on any atom is -0.331 e. The monoisotopic (exact) mass is 435 g/mol. The Morgan fingerprint density at radius 2 is 1.96 bits per heavy atom. The number of amides is 2. The average molecular weight is 436 g/mol. The standard InChI is InChI=1S/C19H19BrFN3OS/c1-11-13(3)26-18(24-8-4-5-9-24)17(11)12(2)22-19(25)23-16-7-6-14(20)10-15(16)21/h4-10,12H,1-3H3,(H2,22,23,25). The lowest BCUT2D eigenvalue weighted by molar-refractivity contribution is 0.249. The summed E-state index contributed by atoms with van der Waals surface area (Å²) in [6, 6.07) is 7.78. The third-order valence-electron chi connectivity index (χ3n) is 4.21. The molecule has 3 rings (SSSR count). The first-order valence-corrected chi connectivity index (χ1v) is 9.73. The molecule has 7 heteroatoms. The van der Waals surface area contributed by atoms with Gasteiger partial charge in [0.25, 0.3) is 0 Å². The van der Waals surface area contributed by atoms with Crippen LogP contribution in [-0.2, 0) is 0 Å². The van der Waals surface area contributed by atoms with Gasteiger partial charge in [0.15, 0.2) is 0 Å². The molecule has 0 aliphatic heterocycles. The quantitative estimate of drug-likeness (QED) is 0.523. The summed E-state index contributed by atoms with van der Waals surface area (Å²) in [7, 11) is 0. The Labute approximate surface area is 164 Å². The van der Waals surface area contributed by atoms with E-state index < -0.39 is 11.8 Å². The highest BCUT2D eigenvalue weighted by Gasteiger charge is 2.21. The molecule has 1 aromatic carbocycles. The minimum atomic E-state index is -0.488. The van der Waals surface area contributed by atoms with Crippen molar-refractivity contribution in [3.8, 4) is 5.00 Å². The van der Waals surface area contributed by atoms with Crippen LogP contribution in [0.15, 0.2) is 47.2 Å². The number of carbonyl (C=O) groups is 1. The molecule has 0 bridgehead atoms. The Bertz CT molecular complexity index is 937. The fourth-order valence-electron chi connectivity index (χ4n) is 2.82. The fourth-order valence-corrected chi connectivity index (χ4v) is 4.37. The number of benzene rings is 1. The third kappa shape index (κ3) is 3.83. The molecule has 0 spiro atoms. The summed E-state index contributed by atoms with van der Waals surface area (Å²) in [5, 5.41) is 6.55. The number of aromatic nitrogens is 1. The zero-order valence-corrected chi connectivity index (χ0v) is 17.0. The zero-order valence-electron chi connectivity index (χ0n) is 14.6. The van der Waals surface area contributed by atoms with Crippen LogP contribution in [0.2, 0.25) is 0 Å². The van der Waals surface area contributed by atoms with Gasteiger partial charge in [-0.15, -0.1) is 11.3 Å². The molecule has 4 nitrogen and oxygen atoms in total. The zero-order chi connectivity index (χ0) is 18.8. The lowest BCUT2D eigenvalue weighted by Crippen LogP contribution is -2.32. The van der Waals surface area contributed by atoms with Crippen molar-refractivity contribution in [2.75, 3.05) is 5.32 Å². The molecule has 2 heterocycles. The maximum atomic E-state index is 13.9. The predicted octanol–water partition coefficient (Wildman–Crippen LogP) is 5.94. The summed E-state index contributed by atoms with van der Waals surface area (Å²) in [5.74, 6) is -0.488. The Morgan fingerprint density at radius 1 is 1.27 bits per heavy atom. The second kappa shape index (κ2) is 7.63. The van der Waals surface area contributed by atoms with Gasteiger partial charge in [-0.1, -0.05) is 15.9 Å². The van der Waals surface area contributed by atoms with Crippen LogP contribution in [0, 0.1) is 19.7 Å². The SMILES string of the molecule is Cc1sc(-n2cccc2)c(C(C)NC(=O)Nc2ccc(Br)cc2F)c1C. The topological polar surface area (TPSA) is 46.1 Å². The van der Waals surface area contributed by atoms with Crippen molar-refractivity contribution in [2.24, 2.45) is 0 Å². The smallest absolute Gasteiger partial charge is 0.319 e. The van der Waals surface area contributed by atoms with Gasteiger partial charge < -0.3 is 15.2 Å². The van der Waals surface area contributed by atoms with E-state index in [0.717, 1.165) is 16.1 Å². The number of carbonyl (C=O) groups excluding carboxylic acids is 1. The van der Waals surface area contributed by atoms with Crippen LogP contribution in [0.4, 0.5) is 14.9 Å². The third-order valence-corrected chi connectivity index (χ3v) is 5.94. The summed E-state index contributed by atoms with van der Waals surface area (Å²) in [6.45, 7) is 6.05. The van der Waals surface area contributed by atoms with Crippen molar-refractivity contribution in [3.05, 3.63) is 69.0 Å². The van der Waals surface area contributed by atoms with E-state index in [2.05, 4.69) is 40.4 Å². The molecule has 26 heavy (non-hydrogen) atoms. The van der Waals surface area contributed by atoms with Crippen molar-refractivity contribution in [3.63, 3.8) is 0 Å². The van der Waals surface area contributed by atoms with Gasteiger partial charge in [-0.2, -0.15) is 0 Å². The number of aryl methyl sites for hydroxylation is 1. The number of halogens is 2. The van der Waals surface area contributed by atoms with Gasteiger partial charge in [-0.25, -0.2) is 9.18 Å². The van der Waals surface area contributed by atoms with Gasteiger partial charge in [-0.05, 0) is 56.7 Å². The number of hydrogen-bond acceptors (Lipinski definition) is 2. The molecular weight excluding hydrogens is 417 g/mol. The molecular formula is C19H19BrFN3OS. The molecule has 0 aliphatic rings. The minimum absolute atomic E-state index is 0.141. The van der Waals surface area contributed by atoms with Gasteiger partial charge in [0.1, 0.15) is 10.8 Å². The fraction of sp³-hybridized carbons (Fsp3) is 0.211. The Hall–Kier alpha value is -2.12. The first-order chi connectivity index (χ1) is 12.4. The normalized spacial score (nSPS) is 12.0. The summed E-state index contributed by atoms with van der Waals surface area (Å²) in [6.07, 6.45) is 3.97. The van der Waals surface area contributed by atoms with Gasteiger partial charge in [0.05, 0.1) is 11.7 Å². The van der Waals surface area contributed by atoms with Crippen LogP contribution in [-0.4, -0.2) is 10.6 Å². The summed E-state index contributed by atoms with van der Waals surface area (Å²) in [5.41, 5.74) is 2.36. The van der Waals surface area contributed by atoms with Crippen molar-refractivity contribution < 1.29 is 9.18 Å². The summed E-state index contributed by atoms with van der Waals surface area (Å²) in [4.78, 5) is 13.6. The van der Waals surface area contributed by atoms with Crippen LogP contribution < -0.4 is 10.6 Å². The number of anilines is 1. The molecule has 0 saturated heterocycles. The van der Waals surface area contributed by atoms with Gasteiger partial charge in [0.2, 0.25) is 0 Å². The summed E-state index contributed by atoms with van der Waals surface area (Å²) < 4.78 is 16.6. The number of nitrogens with zero attached hydrogens (tertiary/aromatic N) is 1. The first-order valence-electron chi connectivity index (χ1n) is 8.12. The molecule has 3 aromatic rings. The number of hydrogen-bond donors (Lipinski definition) is 2. The van der Waals surface area contributed by atoms with Crippen molar-refractivity contribution in [1.82, 2.24) is 9.88 Å². The Balaban J connectivity index is 1.80. The maximum Gasteiger partial charge on any atom is 0.319 e.